The molecule has 2 unspecified atom stereocenters. The third-order valence-electron chi connectivity index (χ3n) is 4.77. The van der Waals surface area contributed by atoms with Gasteiger partial charge in [-0.15, -0.1) is 0 Å². The molecular formula is C16H32N2. The van der Waals surface area contributed by atoms with Crippen molar-refractivity contribution in [2.75, 3.05) is 13.1 Å². The Morgan fingerprint density at radius 3 is 2.39 bits per heavy atom. The van der Waals surface area contributed by atoms with Crippen LogP contribution in [-0.2, 0) is 0 Å². The Morgan fingerprint density at radius 2 is 1.83 bits per heavy atom. The highest BCUT2D eigenvalue weighted by Crippen LogP contribution is 2.35. The van der Waals surface area contributed by atoms with Crippen molar-refractivity contribution in [3.05, 3.63) is 0 Å². The quantitative estimate of drug-likeness (QED) is 0.747. The van der Waals surface area contributed by atoms with Crippen LogP contribution in [0, 0.1) is 5.92 Å². The predicted molar refractivity (Wildman–Crippen MR) is 78.9 cm³/mol. The van der Waals surface area contributed by atoms with Crippen LogP contribution < -0.4 is 5.32 Å². The molecule has 2 fully saturated rings. The molecule has 2 saturated heterocycles. The van der Waals surface area contributed by atoms with Gasteiger partial charge in [0.15, 0.2) is 0 Å². The van der Waals surface area contributed by atoms with Crippen LogP contribution in [0.2, 0.25) is 0 Å². The number of fused-ring (bicyclic) bond motifs is 2. The number of nitrogens with zero attached hydrogens (tertiary/aromatic N) is 1. The standard InChI is InChI=1S/C16H32N2/c1-4-9-17-14-11-15-7-8-16(12-14)18(15)10-5-6-13(2)3/h13-17H,4-12H2,1-3H3. The molecule has 0 aliphatic carbocycles. The molecule has 2 rings (SSSR count). The summed E-state index contributed by atoms with van der Waals surface area (Å²) in [5.74, 6) is 0.867. The van der Waals surface area contributed by atoms with Gasteiger partial charge in [-0.3, -0.25) is 4.90 Å². The van der Waals surface area contributed by atoms with E-state index in [-0.39, 0.29) is 0 Å². The second kappa shape index (κ2) is 6.91. The molecular weight excluding hydrogens is 220 g/mol. The van der Waals surface area contributed by atoms with Crippen LogP contribution in [0.15, 0.2) is 0 Å². The Balaban J connectivity index is 1.75. The van der Waals surface area contributed by atoms with Crippen molar-refractivity contribution in [1.82, 2.24) is 10.2 Å². The largest absolute Gasteiger partial charge is 0.314 e. The molecule has 18 heavy (non-hydrogen) atoms. The fourth-order valence-corrected chi connectivity index (χ4v) is 3.84. The minimum atomic E-state index is 0.809. The van der Waals surface area contributed by atoms with Gasteiger partial charge in [-0.05, 0) is 64.0 Å². The summed E-state index contributed by atoms with van der Waals surface area (Å²) < 4.78 is 0. The molecule has 2 aliphatic rings. The second-order valence-electron chi connectivity index (χ2n) is 6.78. The van der Waals surface area contributed by atoms with E-state index in [9.17, 15) is 0 Å². The van der Waals surface area contributed by atoms with Crippen molar-refractivity contribution in [3.8, 4) is 0 Å². The number of rotatable bonds is 7. The molecule has 0 spiro atoms. The van der Waals surface area contributed by atoms with E-state index >= 15 is 0 Å². The zero-order valence-electron chi connectivity index (χ0n) is 12.6. The molecule has 2 heteroatoms. The van der Waals surface area contributed by atoms with Crippen LogP contribution in [0.25, 0.3) is 0 Å². The summed E-state index contributed by atoms with van der Waals surface area (Å²) in [6.45, 7) is 9.51. The summed E-state index contributed by atoms with van der Waals surface area (Å²) >= 11 is 0. The SMILES string of the molecule is CCCNC1CC2CCC(C1)N2CCCC(C)C. The van der Waals surface area contributed by atoms with E-state index in [1.54, 1.807) is 0 Å². The van der Waals surface area contributed by atoms with Crippen molar-refractivity contribution in [1.29, 1.82) is 0 Å². The van der Waals surface area contributed by atoms with Crippen molar-refractivity contribution in [2.45, 2.75) is 83.8 Å². The molecule has 2 nitrogen and oxygen atoms in total. The number of piperidine rings is 1. The maximum Gasteiger partial charge on any atom is 0.0114 e. The van der Waals surface area contributed by atoms with Crippen LogP contribution in [-0.4, -0.2) is 36.1 Å². The van der Waals surface area contributed by atoms with Gasteiger partial charge in [0, 0.05) is 18.1 Å². The first-order chi connectivity index (χ1) is 8.70. The predicted octanol–water partition coefficient (Wildman–Crippen LogP) is 3.42. The molecule has 2 aliphatic heterocycles. The van der Waals surface area contributed by atoms with E-state index in [1.165, 1.54) is 58.0 Å². The van der Waals surface area contributed by atoms with Crippen molar-refractivity contribution >= 4 is 0 Å². The maximum absolute atomic E-state index is 3.74. The lowest BCUT2D eigenvalue weighted by Crippen LogP contribution is -2.49. The van der Waals surface area contributed by atoms with Crippen LogP contribution in [0.4, 0.5) is 0 Å². The highest BCUT2D eigenvalue weighted by Gasteiger charge is 2.39. The fourth-order valence-electron chi connectivity index (χ4n) is 3.84. The normalized spacial score (nSPS) is 32.3. The summed E-state index contributed by atoms with van der Waals surface area (Å²) in [4.78, 5) is 2.84. The van der Waals surface area contributed by atoms with Crippen LogP contribution >= 0.6 is 0 Å². The summed E-state index contributed by atoms with van der Waals surface area (Å²) in [6.07, 6.45) is 9.78. The summed E-state index contributed by atoms with van der Waals surface area (Å²) in [6, 6.07) is 2.60. The minimum absolute atomic E-state index is 0.809. The van der Waals surface area contributed by atoms with E-state index < -0.39 is 0 Å². The topological polar surface area (TPSA) is 15.3 Å². The molecule has 2 heterocycles. The zero-order chi connectivity index (χ0) is 13.0. The van der Waals surface area contributed by atoms with Gasteiger partial charge in [-0.25, -0.2) is 0 Å². The summed E-state index contributed by atoms with van der Waals surface area (Å²) in [7, 11) is 0. The number of hydrogen-bond donors (Lipinski definition) is 1. The molecule has 0 aromatic carbocycles. The molecule has 106 valence electrons. The molecule has 0 aromatic rings. The average molecular weight is 252 g/mol. The highest BCUT2D eigenvalue weighted by molar-refractivity contribution is 4.97. The molecule has 0 aromatic heterocycles. The smallest absolute Gasteiger partial charge is 0.0114 e. The number of nitrogens with one attached hydrogen (secondary N) is 1. The Kier molecular flexibility index (Phi) is 5.50. The van der Waals surface area contributed by atoms with E-state index in [0.717, 1.165) is 24.0 Å². The van der Waals surface area contributed by atoms with Crippen LogP contribution in [0.5, 0.6) is 0 Å². The van der Waals surface area contributed by atoms with Gasteiger partial charge in [0.1, 0.15) is 0 Å². The summed E-state index contributed by atoms with van der Waals surface area (Å²) in [5, 5.41) is 3.74. The monoisotopic (exact) mass is 252 g/mol. The van der Waals surface area contributed by atoms with Crippen molar-refractivity contribution in [2.24, 2.45) is 5.92 Å². The third kappa shape index (κ3) is 3.71. The first-order valence-corrected chi connectivity index (χ1v) is 8.19. The molecule has 1 N–H and O–H groups in total. The van der Waals surface area contributed by atoms with Gasteiger partial charge >= 0.3 is 0 Å². The zero-order valence-corrected chi connectivity index (χ0v) is 12.6. The van der Waals surface area contributed by atoms with Gasteiger partial charge in [0.25, 0.3) is 0 Å². The minimum Gasteiger partial charge on any atom is -0.314 e. The Bertz CT molecular complexity index is 225. The van der Waals surface area contributed by atoms with Gasteiger partial charge in [-0.1, -0.05) is 20.8 Å². The van der Waals surface area contributed by atoms with E-state index in [1.807, 2.05) is 0 Å². The van der Waals surface area contributed by atoms with Crippen LogP contribution in [0.3, 0.4) is 0 Å². The molecule has 0 radical (unpaired) electrons. The van der Waals surface area contributed by atoms with Gasteiger partial charge in [0.2, 0.25) is 0 Å². The van der Waals surface area contributed by atoms with Gasteiger partial charge in [0.05, 0.1) is 0 Å². The Labute approximate surface area is 114 Å². The van der Waals surface area contributed by atoms with Gasteiger partial charge in [-0.2, -0.15) is 0 Å². The molecule has 2 atom stereocenters. The average Bonchev–Trinajstić information content (AvgIpc) is 2.59. The first-order valence-electron chi connectivity index (χ1n) is 8.19. The Hall–Kier alpha value is -0.0800. The van der Waals surface area contributed by atoms with E-state index in [2.05, 4.69) is 31.0 Å². The summed E-state index contributed by atoms with van der Waals surface area (Å²) in [5.41, 5.74) is 0. The molecule has 2 bridgehead atoms. The van der Waals surface area contributed by atoms with Crippen molar-refractivity contribution in [3.63, 3.8) is 0 Å². The molecule has 0 saturated carbocycles. The Morgan fingerprint density at radius 1 is 1.17 bits per heavy atom. The lowest BCUT2D eigenvalue weighted by molar-refractivity contribution is 0.113. The van der Waals surface area contributed by atoms with E-state index in [0.29, 0.717) is 0 Å². The third-order valence-corrected chi connectivity index (χ3v) is 4.77. The first kappa shape index (κ1) is 14.3. The number of hydrogen-bond acceptors (Lipinski definition) is 2. The fraction of sp³-hybridized carbons (Fsp3) is 1.00. The van der Waals surface area contributed by atoms with Crippen LogP contribution in [0.1, 0.15) is 65.7 Å². The van der Waals surface area contributed by atoms with Gasteiger partial charge < -0.3 is 5.32 Å². The lowest BCUT2D eigenvalue weighted by atomic mass is 9.96. The second-order valence-corrected chi connectivity index (χ2v) is 6.78. The maximum atomic E-state index is 3.74. The molecule has 0 amide bonds. The lowest BCUT2D eigenvalue weighted by Gasteiger charge is -2.39. The van der Waals surface area contributed by atoms with Crippen molar-refractivity contribution < 1.29 is 0 Å². The van der Waals surface area contributed by atoms with E-state index in [4.69, 9.17) is 0 Å². The highest BCUT2D eigenvalue weighted by atomic mass is 15.2.